The maximum absolute atomic E-state index is 6.12. The summed E-state index contributed by atoms with van der Waals surface area (Å²) in [5, 5.41) is 0.723. The number of imidazole rings is 1. The third-order valence-corrected chi connectivity index (χ3v) is 3.24. The Morgan fingerprint density at radius 3 is 2.86 bits per heavy atom. The molecule has 0 radical (unpaired) electrons. The number of hydrogen-bond donors (Lipinski definition) is 0. The summed E-state index contributed by atoms with van der Waals surface area (Å²) in [6, 6.07) is 0. The zero-order valence-corrected chi connectivity index (χ0v) is 9.80. The molecule has 1 aliphatic heterocycles. The number of nitrogens with zero attached hydrogens (tertiary/aromatic N) is 2. The van der Waals surface area contributed by atoms with Crippen LogP contribution in [-0.4, -0.2) is 9.55 Å². The molecule has 2 rings (SSSR count). The second-order valence-electron chi connectivity index (χ2n) is 4.62. The molecule has 2 heterocycles. The molecule has 1 aliphatic rings. The molecule has 2 nitrogen and oxygen atoms in total. The van der Waals surface area contributed by atoms with Crippen LogP contribution in [0.25, 0.3) is 0 Å². The predicted molar refractivity (Wildman–Crippen MR) is 58.8 cm³/mol. The monoisotopic (exact) mass is 212 g/mol. The topological polar surface area (TPSA) is 17.8 Å². The van der Waals surface area contributed by atoms with E-state index in [2.05, 4.69) is 30.3 Å². The molecule has 0 aromatic carbocycles. The number of halogens is 1. The highest BCUT2D eigenvalue weighted by Crippen LogP contribution is 2.29. The second-order valence-corrected chi connectivity index (χ2v) is 4.97. The van der Waals surface area contributed by atoms with Gasteiger partial charge in [-0.1, -0.05) is 32.4 Å². The summed E-state index contributed by atoms with van der Waals surface area (Å²) < 4.78 is 2.32. The lowest BCUT2D eigenvalue weighted by Crippen LogP contribution is -2.20. The van der Waals surface area contributed by atoms with Gasteiger partial charge in [0.25, 0.3) is 0 Å². The van der Waals surface area contributed by atoms with E-state index in [0.717, 1.165) is 29.9 Å². The van der Waals surface area contributed by atoms with Crippen molar-refractivity contribution in [3.8, 4) is 0 Å². The highest BCUT2D eigenvalue weighted by Gasteiger charge is 2.23. The van der Waals surface area contributed by atoms with Crippen LogP contribution in [0.4, 0.5) is 0 Å². The Bertz CT molecular complexity index is 341. The van der Waals surface area contributed by atoms with Crippen molar-refractivity contribution in [3.63, 3.8) is 0 Å². The minimum atomic E-state index is 0.464. The van der Waals surface area contributed by atoms with E-state index in [-0.39, 0.29) is 0 Å². The maximum Gasteiger partial charge on any atom is 0.150 e. The Morgan fingerprint density at radius 2 is 2.21 bits per heavy atom. The van der Waals surface area contributed by atoms with E-state index in [9.17, 15) is 0 Å². The lowest BCUT2D eigenvalue weighted by atomic mass is 10.00. The average molecular weight is 213 g/mol. The van der Waals surface area contributed by atoms with E-state index in [4.69, 9.17) is 11.6 Å². The van der Waals surface area contributed by atoms with Gasteiger partial charge in [-0.3, -0.25) is 0 Å². The van der Waals surface area contributed by atoms with E-state index in [1.165, 1.54) is 12.1 Å². The first kappa shape index (κ1) is 10.0. The van der Waals surface area contributed by atoms with Crippen LogP contribution in [0.1, 0.15) is 44.6 Å². The standard InChI is InChI=1S/C11H17ClN2/c1-7(2)11-13-10(12)9-5-4-8(3)6-14(9)11/h7-8H,4-6H2,1-3H3. The fraction of sp³-hybridized carbons (Fsp3) is 0.727. The summed E-state index contributed by atoms with van der Waals surface area (Å²) >= 11 is 6.12. The van der Waals surface area contributed by atoms with Crippen molar-refractivity contribution in [1.29, 1.82) is 0 Å². The number of hydrogen-bond acceptors (Lipinski definition) is 1. The Kier molecular flexibility index (Phi) is 2.56. The normalized spacial score (nSPS) is 21.4. The number of fused-ring (bicyclic) bond motifs is 1. The molecule has 1 unspecified atom stereocenters. The highest BCUT2D eigenvalue weighted by atomic mass is 35.5. The molecule has 0 aliphatic carbocycles. The molecular formula is C11H17ClN2. The van der Waals surface area contributed by atoms with Crippen molar-refractivity contribution in [1.82, 2.24) is 9.55 Å². The van der Waals surface area contributed by atoms with Gasteiger partial charge < -0.3 is 4.57 Å². The molecule has 1 atom stereocenters. The number of aromatic nitrogens is 2. The molecule has 0 saturated carbocycles. The quantitative estimate of drug-likeness (QED) is 0.699. The van der Waals surface area contributed by atoms with E-state index in [1.807, 2.05) is 0 Å². The highest BCUT2D eigenvalue weighted by molar-refractivity contribution is 6.30. The van der Waals surface area contributed by atoms with Crippen LogP contribution in [0.2, 0.25) is 5.15 Å². The molecular weight excluding hydrogens is 196 g/mol. The molecule has 3 heteroatoms. The van der Waals surface area contributed by atoms with E-state index < -0.39 is 0 Å². The molecule has 0 amide bonds. The van der Waals surface area contributed by atoms with Gasteiger partial charge in [0, 0.05) is 12.5 Å². The first-order valence-electron chi connectivity index (χ1n) is 5.34. The first-order chi connectivity index (χ1) is 6.59. The molecule has 0 fully saturated rings. The van der Waals surface area contributed by atoms with Gasteiger partial charge >= 0.3 is 0 Å². The average Bonchev–Trinajstić information content (AvgIpc) is 2.43. The smallest absolute Gasteiger partial charge is 0.150 e. The lowest BCUT2D eigenvalue weighted by Gasteiger charge is -2.23. The van der Waals surface area contributed by atoms with Gasteiger partial charge in [0.1, 0.15) is 5.82 Å². The Balaban J connectivity index is 2.45. The fourth-order valence-corrected chi connectivity index (χ4v) is 2.43. The third kappa shape index (κ3) is 1.56. The van der Waals surface area contributed by atoms with Crippen molar-refractivity contribution in [2.24, 2.45) is 5.92 Å². The van der Waals surface area contributed by atoms with Gasteiger partial charge in [0.15, 0.2) is 5.15 Å². The summed E-state index contributed by atoms with van der Waals surface area (Å²) in [6.45, 7) is 7.72. The molecule has 0 N–H and O–H groups in total. The van der Waals surface area contributed by atoms with Crippen molar-refractivity contribution >= 4 is 11.6 Å². The lowest BCUT2D eigenvalue weighted by molar-refractivity contribution is 0.387. The van der Waals surface area contributed by atoms with Gasteiger partial charge in [-0.15, -0.1) is 0 Å². The molecule has 0 bridgehead atoms. The van der Waals surface area contributed by atoms with E-state index in [1.54, 1.807) is 0 Å². The number of rotatable bonds is 1. The van der Waals surface area contributed by atoms with Crippen LogP contribution in [0.3, 0.4) is 0 Å². The van der Waals surface area contributed by atoms with Gasteiger partial charge in [0.2, 0.25) is 0 Å². The zero-order chi connectivity index (χ0) is 10.3. The van der Waals surface area contributed by atoms with Crippen LogP contribution < -0.4 is 0 Å². The SMILES string of the molecule is CC1CCc2c(Cl)nc(C(C)C)n2C1. The molecule has 78 valence electrons. The summed E-state index contributed by atoms with van der Waals surface area (Å²) in [7, 11) is 0. The largest absolute Gasteiger partial charge is 0.330 e. The maximum atomic E-state index is 6.12. The second kappa shape index (κ2) is 3.58. The molecule has 1 aromatic heterocycles. The van der Waals surface area contributed by atoms with Crippen LogP contribution in [0, 0.1) is 5.92 Å². The summed E-state index contributed by atoms with van der Waals surface area (Å²) in [5.74, 6) is 2.37. The first-order valence-corrected chi connectivity index (χ1v) is 5.72. The summed E-state index contributed by atoms with van der Waals surface area (Å²) in [6.07, 6.45) is 2.32. The van der Waals surface area contributed by atoms with Crippen molar-refractivity contribution in [2.45, 2.75) is 46.1 Å². The fourth-order valence-electron chi connectivity index (χ4n) is 2.14. The van der Waals surface area contributed by atoms with Gasteiger partial charge in [-0.2, -0.15) is 0 Å². The zero-order valence-electron chi connectivity index (χ0n) is 9.05. The minimum Gasteiger partial charge on any atom is -0.330 e. The minimum absolute atomic E-state index is 0.464. The van der Waals surface area contributed by atoms with Crippen molar-refractivity contribution < 1.29 is 0 Å². The van der Waals surface area contributed by atoms with E-state index in [0.29, 0.717) is 5.92 Å². The van der Waals surface area contributed by atoms with Crippen molar-refractivity contribution in [2.75, 3.05) is 0 Å². The van der Waals surface area contributed by atoms with Crippen LogP contribution in [-0.2, 0) is 13.0 Å². The van der Waals surface area contributed by atoms with Crippen LogP contribution in [0.15, 0.2) is 0 Å². The van der Waals surface area contributed by atoms with Gasteiger partial charge in [-0.25, -0.2) is 4.98 Å². The third-order valence-electron chi connectivity index (χ3n) is 2.94. The van der Waals surface area contributed by atoms with Crippen LogP contribution in [0.5, 0.6) is 0 Å². The Morgan fingerprint density at radius 1 is 1.50 bits per heavy atom. The summed E-state index contributed by atoms with van der Waals surface area (Å²) in [5.41, 5.74) is 1.24. The molecule has 0 spiro atoms. The Labute approximate surface area is 90.3 Å². The van der Waals surface area contributed by atoms with Gasteiger partial charge in [-0.05, 0) is 18.8 Å². The van der Waals surface area contributed by atoms with Gasteiger partial charge in [0.05, 0.1) is 5.69 Å². The molecule has 14 heavy (non-hydrogen) atoms. The van der Waals surface area contributed by atoms with Crippen molar-refractivity contribution in [3.05, 3.63) is 16.7 Å². The molecule has 1 aromatic rings. The summed E-state index contributed by atoms with van der Waals surface area (Å²) in [4.78, 5) is 4.45. The van der Waals surface area contributed by atoms with E-state index >= 15 is 0 Å². The van der Waals surface area contributed by atoms with Crippen LogP contribution >= 0.6 is 11.6 Å². The Hall–Kier alpha value is -0.500. The predicted octanol–water partition coefficient (Wildman–Crippen LogP) is 3.24. The molecule has 0 saturated heterocycles.